The lowest BCUT2D eigenvalue weighted by atomic mass is 10.1. The van der Waals surface area contributed by atoms with Crippen LogP contribution in [0.2, 0.25) is 0 Å². The van der Waals surface area contributed by atoms with Gasteiger partial charge in [-0.25, -0.2) is 14.2 Å². The van der Waals surface area contributed by atoms with Crippen molar-refractivity contribution in [2.75, 3.05) is 0 Å². The van der Waals surface area contributed by atoms with Crippen LogP contribution in [0.5, 0.6) is 0 Å². The molecular formula is C20H21N7O. The van der Waals surface area contributed by atoms with E-state index in [4.69, 9.17) is 0 Å². The number of amides is 1. The Balaban J connectivity index is 1.51. The molecule has 0 radical (unpaired) electrons. The summed E-state index contributed by atoms with van der Waals surface area (Å²) < 4.78 is 3.45. The molecule has 0 bridgehead atoms. The van der Waals surface area contributed by atoms with E-state index in [1.54, 1.807) is 15.4 Å². The van der Waals surface area contributed by atoms with Gasteiger partial charge in [0.05, 0.1) is 18.2 Å². The van der Waals surface area contributed by atoms with Crippen LogP contribution in [0.25, 0.3) is 11.5 Å². The van der Waals surface area contributed by atoms with Crippen LogP contribution < -0.4 is 5.32 Å². The van der Waals surface area contributed by atoms with E-state index in [1.165, 1.54) is 0 Å². The van der Waals surface area contributed by atoms with Gasteiger partial charge in [-0.15, -0.1) is 5.10 Å². The highest BCUT2D eigenvalue weighted by Crippen LogP contribution is 2.21. The zero-order valence-electron chi connectivity index (χ0n) is 16.0. The lowest BCUT2D eigenvalue weighted by Gasteiger charge is -2.17. The molecule has 0 aliphatic rings. The first kappa shape index (κ1) is 17.8. The molecule has 1 N–H and O–H groups in total. The first-order valence-electron chi connectivity index (χ1n) is 9.09. The molecule has 8 heteroatoms. The summed E-state index contributed by atoms with van der Waals surface area (Å²) in [5.41, 5.74) is 3.72. The van der Waals surface area contributed by atoms with Gasteiger partial charge in [-0.3, -0.25) is 4.79 Å². The van der Waals surface area contributed by atoms with Gasteiger partial charge in [0.25, 0.3) is 5.78 Å². The predicted molar refractivity (Wildman–Crippen MR) is 104 cm³/mol. The summed E-state index contributed by atoms with van der Waals surface area (Å²) in [5, 5.41) is 11.7. The van der Waals surface area contributed by atoms with Crippen molar-refractivity contribution >= 4 is 11.7 Å². The maximum Gasteiger partial charge on any atom is 0.252 e. The second kappa shape index (κ2) is 7.22. The van der Waals surface area contributed by atoms with E-state index in [9.17, 15) is 4.79 Å². The number of aryl methyl sites for hydroxylation is 2. The third kappa shape index (κ3) is 3.48. The van der Waals surface area contributed by atoms with Gasteiger partial charge in [0.1, 0.15) is 0 Å². The molecule has 1 aromatic carbocycles. The highest BCUT2D eigenvalue weighted by Gasteiger charge is 2.17. The number of hydrogen-bond donors (Lipinski definition) is 1. The van der Waals surface area contributed by atoms with Crippen molar-refractivity contribution in [1.29, 1.82) is 0 Å². The van der Waals surface area contributed by atoms with Crippen LogP contribution in [0.4, 0.5) is 0 Å². The van der Waals surface area contributed by atoms with Gasteiger partial charge in [0.15, 0.2) is 5.82 Å². The largest absolute Gasteiger partial charge is 0.349 e. The van der Waals surface area contributed by atoms with E-state index in [1.807, 2.05) is 63.4 Å². The van der Waals surface area contributed by atoms with Crippen LogP contribution in [-0.4, -0.2) is 35.3 Å². The summed E-state index contributed by atoms with van der Waals surface area (Å²) in [5.74, 6) is 0.816. The van der Waals surface area contributed by atoms with E-state index in [0.29, 0.717) is 11.6 Å². The molecule has 0 aliphatic carbocycles. The van der Waals surface area contributed by atoms with Crippen molar-refractivity contribution in [3.05, 3.63) is 71.6 Å². The standard InChI is InChI=1S/C20H21N7O/c1-13-11-14(2)27-20(22-13)24-18(25-27)12-19(28)23-15(3)16-7-4-5-8-17(16)26-10-6-9-21-26/h4-11,15H,12H2,1-3H3,(H,23,28)/t15-/m1/s1. The van der Waals surface area contributed by atoms with E-state index < -0.39 is 0 Å². The fourth-order valence-electron chi connectivity index (χ4n) is 3.27. The van der Waals surface area contributed by atoms with Crippen molar-refractivity contribution in [3.8, 4) is 5.69 Å². The van der Waals surface area contributed by atoms with Gasteiger partial charge in [-0.05, 0) is 44.5 Å². The quantitative estimate of drug-likeness (QED) is 0.578. The monoisotopic (exact) mass is 375 g/mol. The Morgan fingerprint density at radius 3 is 2.79 bits per heavy atom. The number of carbonyl (C=O) groups is 1. The molecule has 3 aromatic heterocycles. The number of nitrogens with one attached hydrogen (secondary N) is 1. The maximum atomic E-state index is 12.6. The number of carbonyl (C=O) groups excluding carboxylic acids is 1. The number of para-hydroxylation sites is 1. The summed E-state index contributed by atoms with van der Waals surface area (Å²) in [6, 6.07) is 11.5. The minimum atomic E-state index is -0.188. The molecule has 0 unspecified atom stereocenters. The molecule has 28 heavy (non-hydrogen) atoms. The summed E-state index contributed by atoms with van der Waals surface area (Å²) in [6.07, 6.45) is 3.70. The Kier molecular flexibility index (Phi) is 4.60. The molecule has 0 spiro atoms. The molecule has 0 fully saturated rings. The maximum absolute atomic E-state index is 12.6. The second-order valence-electron chi connectivity index (χ2n) is 6.75. The molecule has 4 aromatic rings. The Morgan fingerprint density at radius 2 is 2.00 bits per heavy atom. The summed E-state index contributed by atoms with van der Waals surface area (Å²) >= 11 is 0. The Morgan fingerprint density at radius 1 is 1.18 bits per heavy atom. The normalized spacial score (nSPS) is 12.2. The van der Waals surface area contributed by atoms with Gasteiger partial charge in [-0.1, -0.05) is 18.2 Å². The highest BCUT2D eigenvalue weighted by atomic mass is 16.1. The summed E-state index contributed by atoms with van der Waals surface area (Å²) in [4.78, 5) is 21.3. The number of hydrogen-bond acceptors (Lipinski definition) is 5. The zero-order valence-corrected chi connectivity index (χ0v) is 16.0. The van der Waals surface area contributed by atoms with Crippen LogP contribution in [0, 0.1) is 13.8 Å². The number of nitrogens with zero attached hydrogens (tertiary/aromatic N) is 6. The van der Waals surface area contributed by atoms with Gasteiger partial charge in [0.2, 0.25) is 5.91 Å². The fourth-order valence-corrected chi connectivity index (χ4v) is 3.27. The first-order valence-corrected chi connectivity index (χ1v) is 9.09. The topological polar surface area (TPSA) is 90.0 Å². The third-order valence-electron chi connectivity index (χ3n) is 4.51. The molecule has 0 saturated heterocycles. The number of rotatable bonds is 5. The van der Waals surface area contributed by atoms with Gasteiger partial charge in [0, 0.05) is 23.8 Å². The van der Waals surface area contributed by atoms with Crippen molar-refractivity contribution in [2.24, 2.45) is 0 Å². The van der Waals surface area contributed by atoms with Crippen LogP contribution in [0.3, 0.4) is 0 Å². The first-order chi connectivity index (χ1) is 13.5. The number of aromatic nitrogens is 6. The molecule has 142 valence electrons. The van der Waals surface area contributed by atoms with Crippen molar-refractivity contribution in [1.82, 2.24) is 34.7 Å². The van der Waals surface area contributed by atoms with E-state index in [-0.39, 0.29) is 18.4 Å². The van der Waals surface area contributed by atoms with Crippen molar-refractivity contribution in [2.45, 2.75) is 33.2 Å². The van der Waals surface area contributed by atoms with E-state index in [2.05, 4.69) is 25.5 Å². The average Bonchev–Trinajstić information content (AvgIpc) is 3.31. The molecule has 3 heterocycles. The van der Waals surface area contributed by atoms with Crippen LogP contribution in [0.1, 0.15) is 35.7 Å². The molecular weight excluding hydrogens is 354 g/mol. The zero-order chi connectivity index (χ0) is 19.7. The molecule has 1 atom stereocenters. The number of fused-ring (bicyclic) bond motifs is 1. The Hall–Kier alpha value is -3.55. The highest BCUT2D eigenvalue weighted by molar-refractivity contribution is 5.78. The number of benzene rings is 1. The smallest absolute Gasteiger partial charge is 0.252 e. The van der Waals surface area contributed by atoms with Crippen LogP contribution >= 0.6 is 0 Å². The lowest BCUT2D eigenvalue weighted by molar-refractivity contribution is -0.121. The second-order valence-corrected chi connectivity index (χ2v) is 6.75. The third-order valence-corrected chi connectivity index (χ3v) is 4.51. The minimum Gasteiger partial charge on any atom is -0.349 e. The minimum absolute atomic E-state index is 0.0934. The van der Waals surface area contributed by atoms with Crippen molar-refractivity contribution < 1.29 is 4.79 Å². The molecule has 4 rings (SSSR count). The lowest BCUT2D eigenvalue weighted by Crippen LogP contribution is -2.29. The summed E-state index contributed by atoms with van der Waals surface area (Å²) in [7, 11) is 0. The molecule has 1 amide bonds. The Labute approximate surface area is 162 Å². The van der Waals surface area contributed by atoms with Crippen molar-refractivity contribution in [3.63, 3.8) is 0 Å². The summed E-state index contributed by atoms with van der Waals surface area (Å²) in [6.45, 7) is 5.80. The molecule has 0 aliphatic heterocycles. The van der Waals surface area contributed by atoms with Gasteiger partial charge in [-0.2, -0.15) is 10.1 Å². The van der Waals surface area contributed by atoms with Crippen LogP contribution in [-0.2, 0) is 11.2 Å². The average molecular weight is 375 g/mol. The Bertz CT molecular complexity index is 1130. The fraction of sp³-hybridized carbons (Fsp3) is 0.250. The molecule has 0 saturated carbocycles. The SMILES string of the molecule is Cc1cc(C)n2nc(CC(=O)N[C@H](C)c3ccccc3-n3cccn3)nc2n1. The molecule has 8 nitrogen and oxygen atoms in total. The predicted octanol–water partition coefficient (Wildman–Crippen LogP) is 2.35. The van der Waals surface area contributed by atoms with E-state index >= 15 is 0 Å². The van der Waals surface area contributed by atoms with Gasteiger partial charge < -0.3 is 5.32 Å². The van der Waals surface area contributed by atoms with Gasteiger partial charge >= 0.3 is 0 Å². The van der Waals surface area contributed by atoms with Crippen LogP contribution in [0.15, 0.2) is 48.8 Å². The van der Waals surface area contributed by atoms with E-state index in [0.717, 1.165) is 22.6 Å².